The van der Waals surface area contributed by atoms with E-state index < -0.39 is 10.0 Å². The number of aromatic amines is 1. The van der Waals surface area contributed by atoms with Crippen molar-refractivity contribution in [3.8, 4) is 0 Å². The number of guanidine groups is 1. The molecule has 0 aliphatic carbocycles. The Labute approximate surface area is 185 Å². The molecule has 31 heavy (non-hydrogen) atoms. The molecule has 0 atom stereocenters. The van der Waals surface area contributed by atoms with Gasteiger partial charge in [0.05, 0.1) is 18.5 Å². The van der Waals surface area contributed by atoms with Gasteiger partial charge in [-0.1, -0.05) is 18.2 Å². The maximum Gasteiger partial charge on any atom is 0.216 e. The van der Waals surface area contributed by atoms with Crippen LogP contribution in [0, 0.1) is 6.92 Å². The van der Waals surface area contributed by atoms with Crippen molar-refractivity contribution in [3.63, 3.8) is 0 Å². The average Bonchev–Trinajstić information content (AvgIpc) is 3.15. The van der Waals surface area contributed by atoms with Crippen LogP contribution < -0.4 is 5.32 Å². The van der Waals surface area contributed by atoms with Crippen LogP contribution in [0.5, 0.6) is 0 Å². The molecule has 9 heteroatoms. The molecule has 0 spiro atoms. The average molecular weight is 450 g/mol. The van der Waals surface area contributed by atoms with E-state index >= 15 is 0 Å². The number of ether oxygens (including phenoxy) is 1. The first-order chi connectivity index (χ1) is 14.8. The fraction of sp³-hybridized carbons (Fsp3) is 0.591. The molecule has 1 aromatic heterocycles. The van der Waals surface area contributed by atoms with Gasteiger partial charge in [0.25, 0.3) is 0 Å². The Kier molecular flexibility index (Phi) is 7.96. The van der Waals surface area contributed by atoms with E-state index in [0.29, 0.717) is 26.2 Å². The number of hydrogen-bond acceptors (Lipinski definition) is 4. The van der Waals surface area contributed by atoms with E-state index in [1.54, 1.807) is 11.4 Å². The Hall–Kier alpha value is -2.10. The van der Waals surface area contributed by atoms with Crippen LogP contribution in [0.15, 0.2) is 29.4 Å². The van der Waals surface area contributed by atoms with Gasteiger partial charge in [0, 0.05) is 56.9 Å². The molecule has 2 heterocycles. The topological polar surface area (TPSA) is 90.0 Å². The molecule has 1 fully saturated rings. The second kappa shape index (κ2) is 10.5. The van der Waals surface area contributed by atoms with Gasteiger partial charge in [-0.15, -0.1) is 0 Å². The number of para-hydroxylation sites is 1. The number of aryl methyl sites for hydroxylation is 1. The number of H-pyrrole nitrogens is 1. The summed E-state index contributed by atoms with van der Waals surface area (Å²) in [6, 6.07) is 6.35. The van der Waals surface area contributed by atoms with E-state index in [1.165, 1.54) is 22.0 Å². The van der Waals surface area contributed by atoms with Gasteiger partial charge >= 0.3 is 0 Å². The van der Waals surface area contributed by atoms with Crippen molar-refractivity contribution >= 4 is 26.9 Å². The fourth-order valence-electron chi connectivity index (χ4n) is 3.91. The van der Waals surface area contributed by atoms with Crippen LogP contribution >= 0.6 is 0 Å². The summed E-state index contributed by atoms with van der Waals surface area (Å²) in [7, 11) is -1.52. The molecule has 1 aliphatic rings. The van der Waals surface area contributed by atoms with E-state index in [1.807, 2.05) is 13.8 Å². The number of piperazine rings is 1. The van der Waals surface area contributed by atoms with Crippen LogP contribution in [0.25, 0.3) is 10.9 Å². The van der Waals surface area contributed by atoms with E-state index in [-0.39, 0.29) is 18.5 Å². The quantitative estimate of drug-likeness (QED) is 0.475. The minimum atomic E-state index is -3.29. The third kappa shape index (κ3) is 5.99. The fourth-order valence-corrected chi connectivity index (χ4v) is 5.19. The highest BCUT2D eigenvalue weighted by atomic mass is 32.2. The molecule has 0 radical (unpaired) electrons. The molecule has 2 aromatic rings. The summed E-state index contributed by atoms with van der Waals surface area (Å²) in [6.07, 6.45) is 3.00. The Balaban J connectivity index is 1.48. The van der Waals surface area contributed by atoms with Crippen LogP contribution in [0.1, 0.15) is 25.0 Å². The third-order valence-electron chi connectivity index (χ3n) is 5.62. The lowest BCUT2D eigenvalue weighted by Crippen LogP contribution is -2.54. The molecule has 0 bridgehead atoms. The number of benzene rings is 1. The van der Waals surface area contributed by atoms with Gasteiger partial charge in [-0.2, -0.15) is 4.31 Å². The molecular formula is C22H35N5O3S. The van der Waals surface area contributed by atoms with Crippen molar-refractivity contribution in [1.29, 1.82) is 0 Å². The molecule has 2 N–H and O–H groups in total. The van der Waals surface area contributed by atoms with Crippen LogP contribution in [0.4, 0.5) is 0 Å². The smallest absolute Gasteiger partial charge is 0.216 e. The minimum absolute atomic E-state index is 0.0300. The molecule has 1 saturated heterocycles. The number of sulfonamides is 1. The molecular weight excluding hydrogens is 414 g/mol. The van der Waals surface area contributed by atoms with Crippen molar-refractivity contribution in [2.45, 2.75) is 33.3 Å². The number of nitrogens with zero attached hydrogens (tertiary/aromatic N) is 3. The van der Waals surface area contributed by atoms with Gasteiger partial charge in [0.15, 0.2) is 5.96 Å². The number of hydrogen-bond donors (Lipinski definition) is 2. The predicted octanol–water partition coefficient (Wildman–Crippen LogP) is 1.97. The summed E-state index contributed by atoms with van der Waals surface area (Å²) in [5.74, 6) is 0.846. The lowest BCUT2D eigenvalue weighted by Gasteiger charge is -2.35. The third-order valence-corrected chi connectivity index (χ3v) is 7.46. The predicted molar refractivity (Wildman–Crippen MR) is 126 cm³/mol. The SMILES string of the molecule is CN=C(NCCc1c[nH]c2c(C)cccc12)N1CCN(S(=O)(=O)CCOC(C)C)CC1. The molecule has 3 rings (SSSR count). The Morgan fingerprint density at radius 2 is 2.00 bits per heavy atom. The van der Waals surface area contributed by atoms with E-state index in [4.69, 9.17) is 4.74 Å². The molecule has 0 amide bonds. The summed E-state index contributed by atoms with van der Waals surface area (Å²) in [4.78, 5) is 9.89. The lowest BCUT2D eigenvalue weighted by molar-refractivity contribution is 0.0904. The largest absolute Gasteiger partial charge is 0.378 e. The van der Waals surface area contributed by atoms with Gasteiger partial charge < -0.3 is 19.9 Å². The molecule has 1 aliphatic heterocycles. The summed E-state index contributed by atoms with van der Waals surface area (Å²) in [6.45, 7) is 9.09. The van der Waals surface area contributed by atoms with Crippen molar-refractivity contribution in [2.24, 2.45) is 4.99 Å². The number of fused-ring (bicyclic) bond motifs is 1. The van der Waals surface area contributed by atoms with Gasteiger partial charge in [-0.3, -0.25) is 4.99 Å². The van der Waals surface area contributed by atoms with Crippen molar-refractivity contribution in [3.05, 3.63) is 35.5 Å². The van der Waals surface area contributed by atoms with Crippen LogP contribution in [0.2, 0.25) is 0 Å². The van der Waals surface area contributed by atoms with Crippen molar-refractivity contribution < 1.29 is 13.2 Å². The zero-order chi connectivity index (χ0) is 22.4. The van der Waals surface area contributed by atoms with Crippen molar-refractivity contribution in [2.75, 3.05) is 52.1 Å². The summed E-state index contributed by atoms with van der Waals surface area (Å²) < 4.78 is 32.0. The zero-order valence-electron chi connectivity index (χ0n) is 19.0. The van der Waals surface area contributed by atoms with Crippen LogP contribution in [-0.2, 0) is 21.2 Å². The first-order valence-electron chi connectivity index (χ1n) is 10.9. The van der Waals surface area contributed by atoms with Gasteiger partial charge in [0.2, 0.25) is 10.0 Å². The normalized spacial score (nSPS) is 16.4. The summed E-state index contributed by atoms with van der Waals surface area (Å²) in [5, 5.41) is 4.69. The van der Waals surface area contributed by atoms with E-state index in [0.717, 1.165) is 18.9 Å². The maximum absolute atomic E-state index is 12.5. The highest BCUT2D eigenvalue weighted by Crippen LogP contribution is 2.21. The number of nitrogens with one attached hydrogen (secondary N) is 2. The summed E-state index contributed by atoms with van der Waals surface area (Å²) in [5.41, 5.74) is 3.72. The molecule has 172 valence electrons. The van der Waals surface area contributed by atoms with Crippen molar-refractivity contribution in [1.82, 2.24) is 19.5 Å². The minimum Gasteiger partial charge on any atom is -0.378 e. The monoisotopic (exact) mass is 449 g/mol. The Morgan fingerprint density at radius 1 is 1.26 bits per heavy atom. The standard InChI is InChI=1S/C22H35N5O3S/c1-17(2)30-14-15-31(28,29)27-12-10-26(11-13-27)22(23-4)24-9-8-19-16-25-21-18(3)6-5-7-20(19)21/h5-7,16-17,25H,8-15H2,1-4H3,(H,23,24). The Bertz CT molecular complexity index is 992. The van der Waals surface area contributed by atoms with Gasteiger partial charge in [0.1, 0.15) is 0 Å². The first-order valence-corrected chi connectivity index (χ1v) is 12.5. The van der Waals surface area contributed by atoms with E-state index in [9.17, 15) is 8.42 Å². The summed E-state index contributed by atoms with van der Waals surface area (Å²) >= 11 is 0. The molecule has 0 saturated carbocycles. The maximum atomic E-state index is 12.5. The lowest BCUT2D eigenvalue weighted by atomic mass is 10.1. The zero-order valence-corrected chi connectivity index (χ0v) is 19.8. The second-order valence-electron chi connectivity index (χ2n) is 8.16. The molecule has 0 unspecified atom stereocenters. The number of aromatic nitrogens is 1. The Morgan fingerprint density at radius 3 is 2.68 bits per heavy atom. The van der Waals surface area contributed by atoms with Crippen LogP contribution in [-0.4, -0.2) is 86.8 Å². The highest BCUT2D eigenvalue weighted by molar-refractivity contribution is 7.89. The van der Waals surface area contributed by atoms with Gasteiger partial charge in [-0.25, -0.2) is 8.42 Å². The van der Waals surface area contributed by atoms with E-state index in [2.05, 4.69) is 51.5 Å². The highest BCUT2D eigenvalue weighted by Gasteiger charge is 2.28. The number of rotatable bonds is 8. The van der Waals surface area contributed by atoms with Gasteiger partial charge in [-0.05, 0) is 38.3 Å². The molecule has 1 aromatic carbocycles. The number of aliphatic imine (C=N–C) groups is 1. The second-order valence-corrected chi connectivity index (χ2v) is 10.2. The molecule has 8 nitrogen and oxygen atoms in total. The van der Waals surface area contributed by atoms with Crippen LogP contribution in [0.3, 0.4) is 0 Å². The first kappa shape index (κ1) is 23.6.